The molecule has 10 rings (SSSR count). The fourth-order valence-electron chi connectivity index (χ4n) is 9.86. The average Bonchev–Trinajstić information content (AvgIpc) is 3.47. The SMILES string of the molecule is CC1(C)c2ccccc2-c2c(N(c3cccc(-c4cccc5ccccc45)c3)c3ccccc3-c3cccc4cccc(C5CCCCC5)c34)cccc21. The van der Waals surface area contributed by atoms with Gasteiger partial charge in [-0.15, -0.1) is 0 Å². The first-order valence-corrected chi connectivity index (χ1v) is 19.8. The van der Waals surface area contributed by atoms with Gasteiger partial charge in [0.05, 0.1) is 11.4 Å². The molecule has 0 aromatic heterocycles. The Morgan fingerprint density at radius 1 is 0.481 bits per heavy atom. The first-order valence-electron chi connectivity index (χ1n) is 19.8. The maximum atomic E-state index is 2.56. The van der Waals surface area contributed by atoms with E-state index in [-0.39, 0.29) is 5.41 Å². The van der Waals surface area contributed by atoms with E-state index in [1.54, 1.807) is 0 Å². The lowest BCUT2D eigenvalue weighted by Gasteiger charge is -2.31. The van der Waals surface area contributed by atoms with E-state index in [9.17, 15) is 0 Å². The van der Waals surface area contributed by atoms with Crippen molar-refractivity contribution in [1.29, 1.82) is 0 Å². The van der Waals surface area contributed by atoms with Crippen LogP contribution in [0.5, 0.6) is 0 Å². The summed E-state index contributed by atoms with van der Waals surface area (Å²) in [5.74, 6) is 0.598. The molecule has 1 saturated carbocycles. The van der Waals surface area contributed by atoms with Gasteiger partial charge < -0.3 is 4.90 Å². The number of fused-ring (bicyclic) bond motifs is 5. The normalized spacial score (nSPS) is 14.9. The monoisotopic (exact) mass is 695 g/mol. The van der Waals surface area contributed by atoms with Gasteiger partial charge in [-0.1, -0.05) is 179 Å². The number of nitrogens with zero attached hydrogens (tertiary/aromatic N) is 1. The lowest BCUT2D eigenvalue weighted by atomic mass is 9.80. The molecule has 54 heavy (non-hydrogen) atoms. The molecule has 2 aliphatic rings. The first-order chi connectivity index (χ1) is 26.6. The second kappa shape index (κ2) is 13.2. The Balaban J connectivity index is 1.25. The molecular weight excluding hydrogens is 651 g/mol. The Morgan fingerprint density at radius 2 is 1.09 bits per heavy atom. The molecular formula is C53H45N. The van der Waals surface area contributed by atoms with E-state index in [1.165, 1.54) is 115 Å². The van der Waals surface area contributed by atoms with E-state index >= 15 is 0 Å². The highest BCUT2D eigenvalue weighted by Gasteiger charge is 2.38. The van der Waals surface area contributed by atoms with Crippen LogP contribution in [0.3, 0.4) is 0 Å². The van der Waals surface area contributed by atoms with Gasteiger partial charge in [0.25, 0.3) is 0 Å². The van der Waals surface area contributed by atoms with Crippen molar-refractivity contribution in [3.63, 3.8) is 0 Å². The molecule has 1 fully saturated rings. The summed E-state index contributed by atoms with van der Waals surface area (Å²) in [6, 6.07) is 63.7. The van der Waals surface area contributed by atoms with Crippen LogP contribution in [-0.4, -0.2) is 0 Å². The lowest BCUT2D eigenvalue weighted by Crippen LogP contribution is -2.16. The molecule has 0 heterocycles. The highest BCUT2D eigenvalue weighted by molar-refractivity contribution is 6.05. The summed E-state index contributed by atoms with van der Waals surface area (Å²) in [7, 11) is 0. The molecule has 8 aromatic rings. The minimum Gasteiger partial charge on any atom is -0.309 e. The molecule has 2 aliphatic carbocycles. The quantitative estimate of drug-likeness (QED) is 0.167. The number of benzene rings is 8. The van der Waals surface area contributed by atoms with Crippen molar-refractivity contribution in [2.75, 3.05) is 4.90 Å². The van der Waals surface area contributed by atoms with Crippen molar-refractivity contribution in [2.24, 2.45) is 0 Å². The minimum absolute atomic E-state index is 0.109. The number of hydrogen-bond donors (Lipinski definition) is 0. The van der Waals surface area contributed by atoms with Crippen LogP contribution in [0.2, 0.25) is 0 Å². The average molecular weight is 696 g/mol. The Kier molecular flexibility index (Phi) is 7.99. The van der Waals surface area contributed by atoms with E-state index in [0.717, 1.165) is 5.69 Å². The van der Waals surface area contributed by atoms with Gasteiger partial charge in [0.2, 0.25) is 0 Å². The molecule has 0 amide bonds. The topological polar surface area (TPSA) is 3.24 Å². The van der Waals surface area contributed by atoms with Gasteiger partial charge in [-0.25, -0.2) is 0 Å². The van der Waals surface area contributed by atoms with Crippen molar-refractivity contribution in [2.45, 2.75) is 57.3 Å². The van der Waals surface area contributed by atoms with Crippen LogP contribution in [0.1, 0.15) is 68.6 Å². The van der Waals surface area contributed by atoms with Gasteiger partial charge in [-0.3, -0.25) is 0 Å². The second-order valence-electron chi connectivity index (χ2n) is 15.9. The number of para-hydroxylation sites is 1. The fraction of sp³-hybridized carbons (Fsp3) is 0.170. The maximum absolute atomic E-state index is 2.56. The van der Waals surface area contributed by atoms with Gasteiger partial charge in [0, 0.05) is 22.2 Å². The van der Waals surface area contributed by atoms with Crippen molar-refractivity contribution in [3.8, 4) is 33.4 Å². The molecule has 0 bridgehead atoms. The minimum atomic E-state index is -0.109. The van der Waals surface area contributed by atoms with E-state index in [2.05, 4.69) is 189 Å². The largest absolute Gasteiger partial charge is 0.309 e. The van der Waals surface area contributed by atoms with Crippen LogP contribution in [0.15, 0.2) is 170 Å². The molecule has 0 atom stereocenters. The van der Waals surface area contributed by atoms with E-state index in [0.29, 0.717) is 5.92 Å². The van der Waals surface area contributed by atoms with Gasteiger partial charge in [0.1, 0.15) is 0 Å². The van der Waals surface area contributed by atoms with E-state index < -0.39 is 0 Å². The summed E-state index contributed by atoms with van der Waals surface area (Å²) in [6.07, 6.45) is 6.53. The van der Waals surface area contributed by atoms with Crippen molar-refractivity contribution >= 4 is 38.6 Å². The predicted octanol–water partition coefficient (Wildman–Crippen LogP) is 15.2. The molecule has 0 unspecified atom stereocenters. The summed E-state index contributed by atoms with van der Waals surface area (Å²) < 4.78 is 0. The predicted molar refractivity (Wildman–Crippen MR) is 230 cm³/mol. The zero-order valence-corrected chi connectivity index (χ0v) is 31.2. The van der Waals surface area contributed by atoms with Crippen molar-refractivity contribution < 1.29 is 0 Å². The Morgan fingerprint density at radius 3 is 1.96 bits per heavy atom. The summed E-state index contributed by atoms with van der Waals surface area (Å²) in [4.78, 5) is 2.56. The van der Waals surface area contributed by atoms with Gasteiger partial charge in [-0.05, 0) is 104 Å². The zero-order chi connectivity index (χ0) is 36.2. The van der Waals surface area contributed by atoms with Crippen molar-refractivity contribution in [3.05, 3.63) is 187 Å². The summed E-state index contributed by atoms with van der Waals surface area (Å²) >= 11 is 0. The molecule has 0 saturated heterocycles. The molecule has 0 radical (unpaired) electrons. The molecule has 8 aromatic carbocycles. The summed E-state index contributed by atoms with van der Waals surface area (Å²) in [5.41, 5.74) is 15.4. The molecule has 0 aliphatic heterocycles. The van der Waals surface area contributed by atoms with Gasteiger partial charge in [-0.2, -0.15) is 0 Å². The molecule has 0 spiro atoms. The third kappa shape index (κ3) is 5.29. The van der Waals surface area contributed by atoms with E-state index in [1.807, 2.05) is 0 Å². The van der Waals surface area contributed by atoms with Crippen LogP contribution < -0.4 is 4.90 Å². The highest BCUT2D eigenvalue weighted by atomic mass is 15.1. The Bertz CT molecular complexity index is 2680. The summed E-state index contributed by atoms with van der Waals surface area (Å²) in [6.45, 7) is 4.76. The molecule has 0 N–H and O–H groups in total. The second-order valence-corrected chi connectivity index (χ2v) is 15.9. The van der Waals surface area contributed by atoms with Gasteiger partial charge in [0.15, 0.2) is 0 Å². The standard InChI is InChI=1S/C53H45N/c1-53(2)47-31-10-8-27-46(47)52-48(53)32-16-34-50(52)54(40-24-12-23-39(35-40)42-28-13-20-36-19-6-7-25-41(36)42)49-33-11-9-26-44(49)45-30-15-22-38-21-14-29-43(51(38)45)37-17-4-3-5-18-37/h6-16,19-35,37H,3-5,17-18H2,1-2H3. The van der Waals surface area contributed by atoms with Crippen LogP contribution >= 0.6 is 0 Å². The first kappa shape index (κ1) is 32.7. The third-order valence-corrected chi connectivity index (χ3v) is 12.4. The lowest BCUT2D eigenvalue weighted by molar-refractivity contribution is 0.445. The highest BCUT2D eigenvalue weighted by Crippen LogP contribution is 2.55. The van der Waals surface area contributed by atoms with Crippen LogP contribution in [0.25, 0.3) is 54.9 Å². The fourth-order valence-corrected chi connectivity index (χ4v) is 9.86. The third-order valence-electron chi connectivity index (χ3n) is 12.4. The van der Waals surface area contributed by atoms with Crippen LogP contribution in [0.4, 0.5) is 17.1 Å². The molecule has 1 nitrogen and oxygen atoms in total. The van der Waals surface area contributed by atoms with Crippen LogP contribution in [0, 0.1) is 0 Å². The zero-order valence-electron chi connectivity index (χ0n) is 31.2. The van der Waals surface area contributed by atoms with Crippen molar-refractivity contribution in [1.82, 2.24) is 0 Å². The molecule has 262 valence electrons. The summed E-state index contributed by atoms with van der Waals surface area (Å²) in [5, 5.41) is 5.26. The van der Waals surface area contributed by atoms with Crippen LogP contribution in [-0.2, 0) is 5.41 Å². The maximum Gasteiger partial charge on any atom is 0.0543 e. The molecule has 1 heteroatoms. The smallest absolute Gasteiger partial charge is 0.0543 e. The number of hydrogen-bond acceptors (Lipinski definition) is 1. The Hall–Kier alpha value is -5.92. The number of rotatable bonds is 6. The van der Waals surface area contributed by atoms with Gasteiger partial charge >= 0.3 is 0 Å². The number of anilines is 3. The Labute approximate surface area is 319 Å². The van der Waals surface area contributed by atoms with E-state index in [4.69, 9.17) is 0 Å².